The highest BCUT2D eigenvalue weighted by atomic mass is 16.3. The summed E-state index contributed by atoms with van der Waals surface area (Å²) < 4.78 is 5.83. The molecule has 0 amide bonds. The Balaban J connectivity index is 1.68. The predicted octanol–water partition coefficient (Wildman–Crippen LogP) is 2.40. The summed E-state index contributed by atoms with van der Waals surface area (Å²) in [5.41, 5.74) is 3.23. The summed E-state index contributed by atoms with van der Waals surface area (Å²) in [5.74, 6) is 1.17. The number of fused-ring (bicyclic) bond motifs is 1. The predicted molar refractivity (Wildman–Crippen MR) is 81.1 cm³/mol. The van der Waals surface area contributed by atoms with E-state index < -0.39 is 0 Å². The first kappa shape index (κ1) is 13.6. The van der Waals surface area contributed by atoms with Crippen molar-refractivity contribution in [2.75, 3.05) is 32.7 Å². The van der Waals surface area contributed by atoms with Crippen LogP contribution in [-0.4, -0.2) is 42.6 Å². The van der Waals surface area contributed by atoms with Gasteiger partial charge in [-0.05, 0) is 24.1 Å². The van der Waals surface area contributed by atoms with Gasteiger partial charge in [-0.2, -0.15) is 0 Å². The lowest BCUT2D eigenvalue weighted by atomic mass is 10.1. The summed E-state index contributed by atoms with van der Waals surface area (Å²) >= 11 is 0. The van der Waals surface area contributed by atoms with Gasteiger partial charge in [0.1, 0.15) is 5.52 Å². The summed E-state index contributed by atoms with van der Waals surface area (Å²) in [6, 6.07) is 6.41. The van der Waals surface area contributed by atoms with E-state index in [1.165, 1.54) is 5.56 Å². The van der Waals surface area contributed by atoms with E-state index in [9.17, 15) is 0 Å². The number of benzene rings is 1. The lowest BCUT2D eigenvalue weighted by molar-refractivity contribution is 0.244. The Morgan fingerprint density at radius 1 is 1.30 bits per heavy atom. The molecule has 0 aliphatic carbocycles. The lowest BCUT2D eigenvalue weighted by Crippen LogP contribution is -2.44. The van der Waals surface area contributed by atoms with Gasteiger partial charge in [-0.1, -0.05) is 19.9 Å². The third-order valence-electron chi connectivity index (χ3n) is 3.89. The zero-order valence-electron chi connectivity index (χ0n) is 12.4. The molecule has 1 aliphatic rings. The molecule has 2 heterocycles. The van der Waals surface area contributed by atoms with Crippen molar-refractivity contribution in [3.8, 4) is 0 Å². The van der Waals surface area contributed by atoms with Crippen LogP contribution in [0.25, 0.3) is 11.1 Å². The number of rotatable bonds is 4. The number of nitrogens with zero attached hydrogens (tertiary/aromatic N) is 2. The van der Waals surface area contributed by atoms with Crippen molar-refractivity contribution in [2.24, 2.45) is 0 Å². The van der Waals surface area contributed by atoms with Crippen molar-refractivity contribution in [1.82, 2.24) is 15.2 Å². The second-order valence-electron chi connectivity index (χ2n) is 5.85. The SMILES string of the molecule is CC(C)c1nc2ccc(CCN3CCNCC3)cc2o1. The second kappa shape index (κ2) is 5.94. The molecule has 2 aromatic rings. The molecule has 0 unspecified atom stereocenters. The smallest absolute Gasteiger partial charge is 0.198 e. The van der Waals surface area contributed by atoms with Gasteiger partial charge in [-0.3, -0.25) is 0 Å². The Morgan fingerprint density at radius 2 is 2.10 bits per heavy atom. The largest absolute Gasteiger partial charge is 0.440 e. The molecule has 1 saturated heterocycles. The maximum atomic E-state index is 5.83. The molecule has 4 nitrogen and oxygen atoms in total. The van der Waals surface area contributed by atoms with Crippen LogP contribution >= 0.6 is 0 Å². The van der Waals surface area contributed by atoms with Crippen LogP contribution in [0.1, 0.15) is 31.2 Å². The van der Waals surface area contributed by atoms with Crippen molar-refractivity contribution in [2.45, 2.75) is 26.2 Å². The fourth-order valence-corrected chi connectivity index (χ4v) is 2.61. The maximum absolute atomic E-state index is 5.83. The van der Waals surface area contributed by atoms with Gasteiger partial charge in [0, 0.05) is 38.6 Å². The fraction of sp³-hybridized carbons (Fsp3) is 0.562. The Labute approximate surface area is 120 Å². The molecule has 4 heteroatoms. The summed E-state index contributed by atoms with van der Waals surface area (Å²) in [7, 11) is 0. The summed E-state index contributed by atoms with van der Waals surface area (Å²) in [5, 5.41) is 3.39. The van der Waals surface area contributed by atoms with Crippen LogP contribution in [0, 0.1) is 0 Å². The topological polar surface area (TPSA) is 41.3 Å². The average molecular weight is 273 g/mol. The highest BCUT2D eigenvalue weighted by Gasteiger charge is 2.11. The van der Waals surface area contributed by atoms with Gasteiger partial charge in [-0.25, -0.2) is 4.98 Å². The Bertz CT molecular complexity index is 570. The number of oxazole rings is 1. The minimum absolute atomic E-state index is 0.340. The monoisotopic (exact) mass is 273 g/mol. The molecule has 3 rings (SSSR count). The van der Waals surface area contributed by atoms with Gasteiger partial charge in [0.05, 0.1) is 0 Å². The molecule has 20 heavy (non-hydrogen) atoms. The van der Waals surface area contributed by atoms with Crippen molar-refractivity contribution in [1.29, 1.82) is 0 Å². The molecule has 108 valence electrons. The van der Waals surface area contributed by atoms with E-state index in [-0.39, 0.29) is 0 Å². The molecule has 0 spiro atoms. The number of hydrogen-bond acceptors (Lipinski definition) is 4. The van der Waals surface area contributed by atoms with Crippen LogP contribution < -0.4 is 5.32 Å². The van der Waals surface area contributed by atoms with Crippen LogP contribution in [0.15, 0.2) is 22.6 Å². The number of piperazine rings is 1. The maximum Gasteiger partial charge on any atom is 0.198 e. The summed E-state index contributed by atoms with van der Waals surface area (Å²) in [4.78, 5) is 7.03. The van der Waals surface area contributed by atoms with E-state index in [0.717, 1.165) is 56.1 Å². The first-order chi connectivity index (χ1) is 9.72. The van der Waals surface area contributed by atoms with Crippen LogP contribution in [0.4, 0.5) is 0 Å². The van der Waals surface area contributed by atoms with E-state index in [0.29, 0.717) is 5.92 Å². The third-order valence-corrected chi connectivity index (χ3v) is 3.89. The standard InChI is InChI=1S/C16H23N3O/c1-12(2)16-18-14-4-3-13(11-15(14)20-16)5-8-19-9-6-17-7-10-19/h3-4,11-12,17H,5-10H2,1-2H3. The molecule has 1 aromatic heterocycles. The number of nitrogens with one attached hydrogen (secondary N) is 1. The van der Waals surface area contributed by atoms with Crippen LogP contribution in [0.2, 0.25) is 0 Å². The van der Waals surface area contributed by atoms with E-state index in [1.54, 1.807) is 0 Å². The summed E-state index contributed by atoms with van der Waals surface area (Å²) in [6.45, 7) is 9.87. The van der Waals surface area contributed by atoms with Gasteiger partial charge in [0.15, 0.2) is 11.5 Å². The number of hydrogen-bond donors (Lipinski definition) is 1. The van der Waals surface area contributed by atoms with Crippen LogP contribution in [0.5, 0.6) is 0 Å². The molecule has 1 N–H and O–H groups in total. The summed E-state index contributed by atoms with van der Waals surface area (Å²) in [6.07, 6.45) is 1.08. The number of aromatic nitrogens is 1. The third kappa shape index (κ3) is 3.02. The molecule has 1 aliphatic heterocycles. The normalized spacial score (nSPS) is 17.1. The Kier molecular flexibility index (Phi) is 4.03. The van der Waals surface area contributed by atoms with Gasteiger partial charge in [0.25, 0.3) is 0 Å². The van der Waals surface area contributed by atoms with Crippen molar-refractivity contribution in [3.63, 3.8) is 0 Å². The first-order valence-electron chi connectivity index (χ1n) is 7.55. The molecule has 0 bridgehead atoms. The Hall–Kier alpha value is -1.39. The molecular weight excluding hydrogens is 250 g/mol. The van der Waals surface area contributed by atoms with E-state index >= 15 is 0 Å². The van der Waals surface area contributed by atoms with Crippen LogP contribution in [-0.2, 0) is 6.42 Å². The van der Waals surface area contributed by atoms with Gasteiger partial charge in [0.2, 0.25) is 0 Å². The van der Waals surface area contributed by atoms with Gasteiger partial charge >= 0.3 is 0 Å². The highest BCUT2D eigenvalue weighted by Crippen LogP contribution is 2.22. The van der Waals surface area contributed by atoms with Crippen LogP contribution in [0.3, 0.4) is 0 Å². The van der Waals surface area contributed by atoms with Crippen molar-refractivity contribution in [3.05, 3.63) is 29.7 Å². The quantitative estimate of drug-likeness (QED) is 0.929. The average Bonchev–Trinajstić information content (AvgIpc) is 2.89. The molecule has 0 saturated carbocycles. The molecule has 1 aromatic carbocycles. The van der Waals surface area contributed by atoms with Gasteiger partial charge in [-0.15, -0.1) is 0 Å². The molecule has 0 atom stereocenters. The second-order valence-corrected chi connectivity index (χ2v) is 5.85. The molecule has 1 fully saturated rings. The lowest BCUT2D eigenvalue weighted by Gasteiger charge is -2.27. The fourth-order valence-electron chi connectivity index (χ4n) is 2.61. The van der Waals surface area contributed by atoms with Crippen molar-refractivity contribution >= 4 is 11.1 Å². The molecule has 0 radical (unpaired) electrons. The van der Waals surface area contributed by atoms with Gasteiger partial charge < -0.3 is 14.6 Å². The van der Waals surface area contributed by atoms with Crippen molar-refractivity contribution < 1.29 is 4.42 Å². The van der Waals surface area contributed by atoms with E-state index in [4.69, 9.17) is 4.42 Å². The minimum atomic E-state index is 0.340. The van der Waals surface area contributed by atoms with E-state index in [2.05, 4.69) is 47.2 Å². The highest BCUT2D eigenvalue weighted by molar-refractivity contribution is 5.73. The Morgan fingerprint density at radius 3 is 2.85 bits per heavy atom. The first-order valence-corrected chi connectivity index (χ1v) is 7.55. The minimum Gasteiger partial charge on any atom is -0.440 e. The van der Waals surface area contributed by atoms with E-state index in [1.807, 2.05) is 0 Å². The molecular formula is C16H23N3O. The zero-order chi connectivity index (χ0) is 13.9. The zero-order valence-corrected chi connectivity index (χ0v) is 12.4.